The van der Waals surface area contributed by atoms with E-state index in [2.05, 4.69) is 20.8 Å². The lowest BCUT2D eigenvalue weighted by molar-refractivity contribution is -0.385. The van der Waals surface area contributed by atoms with Crippen LogP contribution in [0.25, 0.3) is 5.69 Å². The Hall–Kier alpha value is -4.19. The second-order valence-corrected chi connectivity index (χ2v) is 6.68. The molecule has 0 fully saturated rings. The molecular weight excluding hydrogens is 430 g/mol. The van der Waals surface area contributed by atoms with Crippen LogP contribution in [0.2, 0.25) is 5.02 Å². The highest BCUT2D eigenvalue weighted by molar-refractivity contribution is 6.34. The summed E-state index contributed by atoms with van der Waals surface area (Å²) in [4.78, 5) is 32.9. The molecule has 0 aliphatic rings. The van der Waals surface area contributed by atoms with Crippen LogP contribution >= 0.6 is 11.6 Å². The van der Waals surface area contributed by atoms with E-state index in [0.717, 1.165) is 12.1 Å². The SMILES string of the molecule is CC(=NNC(=O)c1ccc([N+](=O)[O-])cc1Cl)c1nnn(-c2cccc([N+](=O)[O-])c2)c1C. The van der Waals surface area contributed by atoms with Gasteiger partial charge < -0.3 is 0 Å². The summed E-state index contributed by atoms with van der Waals surface area (Å²) in [6.45, 7) is 3.29. The molecule has 0 atom stereocenters. The number of non-ortho nitro benzene ring substituents is 2. The van der Waals surface area contributed by atoms with Crippen LogP contribution in [0.3, 0.4) is 0 Å². The minimum absolute atomic E-state index is 0.0146. The van der Waals surface area contributed by atoms with Crippen LogP contribution in [0.4, 0.5) is 11.4 Å². The Balaban J connectivity index is 1.82. The Morgan fingerprint density at radius 3 is 2.45 bits per heavy atom. The van der Waals surface area contributed by atoms with Crippen molar-refractivity contribution in [2.24, 2.45) is 5.10 Å². The molecule has 0 bridgehead atoms. The van der Waals surface area contributed by atoms with Crippen molar-refractivity contribution in [3.8, 4) is 5.69 Å². The van der Waals surface area contributed by atoms with Crippen molar-refractivity contribution in [3.05, 3.63) is 84.7 Å². The van der Waals surface area contributed by atoms with Crippen LogP contribution in [0.15, 0.2) is 47.6 Å². The van der Waals surface area contributed by atoms with E-state index in [4.69, 9.17) is 11.6 Å². The van der Waals surface area contributed by atoms with Crippen molar-refractivity contribution in [2.75, 3.05) is 0 Å². The number of hydrogen-bond acceptors (Lipinski definition) is 8. The number of nitrogens with one attached hydrogen (secondary N) is 1. The van der Waals surface area contributed by atoms with Gasteiger partial charge in [-0.2, -0.15) is 5.10 Å². The molecule has 0 aliphatic carbocycles. The van der Waals surface area contributed by atoms with Gasteiger partial charge >= 0.3 is 0 Å². The molecule has 158 valence electrons. The predicted molar refractivity (Wildman–Crippen MR) is 111 cm³/mol. The number of aromatic nitrogens is 3. The van der Waals surface area contributed by atoms with Crippen molar-refractivity contribution >= 4 is 34.6 Å². The molecule has 1 N–H and O–H groups in total. The zero-order chi connectivity index (χ0) is 22.7. The summed E-state index contributed by atoms with van der Waals surface area (Å²) in [6, 6.07) is 9.35. The number of carbonyl (C=O) groups is 1. The minimum atomic E-state index is -0.664. The van der Waals surface area contributed by atoms with E-state index in [1.165, 1.54) is 28.9 Å². The molecule has 31 heavy (non-hydrogen) atoms. The fraction of sp³-hybridized carbons (Fsp3) is 0.111. The van der Waals surface area contributed by atoms with E-state index >= 15 is 0 Å². The van der Waals surface area contributed by atoms with Gasteiger partial charge in [-0.3, -0.25) is 25.0 Å². The highest BCUT2D eigenvalue weighted by Crippen LogP contribution is 2.22. The molecule has 3 rings (SSSR count). The first-order chi connectivity index (χ1) is 14.7. The zero-order valence-electron chi connectivity index (χ0n) is 16.1. The van der Waals surface area contributed by atoms with Crippen molar-refractivity contribution in [1.82, 2.24) is 20.4 Å². The Bertz CT molecular complexity index is 1240. The summed E-state index contributed by atoms with van der Waals surface area (Å²) in [6.07, 6.45) is 0. The molecule has 0 saturated carbocycles. The average molecular weight is 444 g/mol. The van der Waals surface area contributed by atoms with Crippen molar-refractivity contribution in [3.63, 3.8) is 0 Å². The Labute approximate surface area is 179 Å². The second kappa shape index (κ2) is 8.67. The van der Waals surface area contributed by atoms with Crippen molar-refractivity contribution in [1.29, 1.82) is 0 Å². The van der Waals surface area contributed by atoms with E-state index in [-0.39, 0.29) is 22.0 Å². The van der Waals surface area contributed by atoms with Gasteiger partial charge in [-0.15, -0.1) is 5.10 Å². The van der Waals surface area contributed by atoms with Gasteiger partial charge in [-0.05, 0) is 26.0 Å². The number of halogens is 1. The molecular formula is C18H14ClN7O5. The number of nitro benzene ring substituents is 2. The standard InChI is InChI=1S/C18H14ClN7O5/c1-10(20-22-18(27)15-7-6-14(26(30)31)9-16(15)19)17-11(2)24(23-21-17)12-4-3-5-13(8-12)25(28)29/h3-9H,1-2H3,(H,22,27). The first-order valence-corrected chi connectivity index (χ1v) is 9.03. The Kier molecular flexibility index (Phi) is 6.02. The number of nitro groups is 2. The van der Waals surface area contributed by atoms with Crippen LogP contribution in [0.1, 0.15) is 28.7 Å². The third-order valence-corrected chi connectivity index (χ3v) is 4.57. The van der Waals surface area contributed by atoms with Gasteiger partial charge in [0, 0.05) is 24.3 Å². The van der Waals surface area contributed by atoms with Gasteiger partial charge in [0.05, 0.1) is 37.5 Å². The molecule has 3 aromatic rings. The fourth-order valence-electron chi connectivity index (χ4n) is 2.70. The van der Waals surface area contributed by atoms with Crippen LogP contribution in [0, 0.1) is 27.2 Å². The highest BCUT2D eigenvalue weighted by atomic mass is 35.5. The molecule has 12 nitrogen and oxygen atoms in total. The van der Waals surface area contributed by atoms with Crippen LogP contribution < -0.4 is 5.43 Å². The first-order valence-electron chi connectivity index (χ1n) is 8.65. The lowest BCUT2D eigenvalue weighted by Gasteiger charge is -2.05. The topological polar surface area (TPSA) is 158 Å². The lowest BCUT2D eigenvalue weighted by atomic mass is 10.2. The maximum atomic E-state index is 12.3. The largest absolute Gasteiger partial charge is 0.272 e. The summed E-state index contributed by atoms with van der Waals surface area (Å²) in [5.41, 5.74) is 3.67. The molecule has 0 spiro atoms. The molecule has 2 aromatic carbocycles. The summed E-state index contributed by atoms with van der Waals surface area (Å²) in [5.74, 6) is -0.664. The number of nitrogens with zero attached hydrogens (tertiary/aromatic N) is 6. The molecule has 0 unspecified atom stereocenters. The second-order valence-electron chi connectivity index (χ2n) is 6.27. The van der Waals surface area contributed by atoms with Gasteiger partial charge in [0.1, 0.15) is 5.69 Å². The fourth-order valence-corrected chi connectivity index (χ4v) is 2.96. The van der Waals surface area contributed by atoms with Gasteiger partial charge in [0.15, 0.2) is 0 Å². The van der Waals surface area contributed by atoms with E-state index in [1.54, 1.807) is 19.9 Å². The summed E-state index contributed by atoms with van der Waals surface area (Å²) >= 11 is 5.94. The van der Waals surface area contributed by atoms with Crippen molar-refractivity contribution in [2.45, 2.75) is 13.8 Å². The molecule has 1 aromatic heterocycles. The maximum Gasteiger partial charge on any atom is 0.272 e. The van der Waals surface area contributed by atoms with E-state index in [0.29, 0.717) is 22.8 Å². The number of rotatable bonds is 6. The molecule has 0 aliphatic heterocycles. The normalized spacial score (nSPS) is 11.3. The number of hydrazone groups is 1. The van der Waals surface area contributed by atoms with E-state index in [9.17, 15) is 25.0 Å². The highest BCUT2D eigenvalue weighted by Gasteiger charge is 2.17. The van der Waals surface area contributed by atoms with E-state index < -0.39 is 15.8 Å². The zero-order valence-corrected chi connectivity index (χ0v) is 16.9. The van der Waals surface area contributed by atoms with E-state index in [1.807, 2.05) is 0 Å². The number of hydrogen-bond donors (Lipinski definition) is 1. The summed E-state index contributed by atoms with van der Waals surface area (Å²) in [7, 11) is 0. The number of amides is 1. The molecule has 13 heteroatoms. The van der Waals surface area contributed by atoms with Crippen LogP contribution in [-0.4, -0.2) is 36.5 Å². The Morgan fingerprint density at radius 2 is 1.81 bits per heavy atom. The molecule has 1 heterocycles. The van der Waals surface area contributed by atoms with Gasteiger partial charge in [0.25, 0.3) is 17.3 Å². The monoisotopic (exact) mass is 443 g/mol. The van der Waals surface area contributed by atoms with Gasteiger partial charge in [-0.25, -0.2) is 10.1 Å². The first kappa shape index (κ1) is 21.5. The average Bonchev–Trinajstić information content (AvgIpc) is 3.13. The molecule has 0 saturated heterocycles. The van der Waals surface area contributed by atoms with Crippen LogP contribution in [0.5, 0.6) is 0 Å². The summed E-state index contributed by atoms with van der Waals surface area (Å²) < 4.78 is 1.41. The third kappa shape index (κ3) is 4.53. The molecule has 0 radical (unpaired) electrons. The van der Waals surface area contributed by atoms with Gasteiger partial charge in [0.2, 0.25) is 0 Å². The predicted octanol–water partition coefficient (Wildman–Crippen LogP) is 3.20. The number of carbonyl (C=O) groups excluding carboxylic acids is 1. The van der Waals surface area contributed by atoms with Crippen LogP contribution in [-0.2, 0) is 0 Å². The summed E-state index contributed by atoms with van der Waals surface area (Å²) in [5, 5.41) is 33.7. The molecule has 1 amide bonds. The maximum absolute atomic E-state index is 12.3. The smallest absolute Gasteiger partial charge is 0.267 e. The van der Waals surface area contributed by atoms with Crippen molar-refractivity contribution < 1.29 is 14.6 Å². The quantitative estimate of drug-likeness (QED) is 0.347. The minimum Gasteiger partial charge on any atom is -0.267 e. The number of benzene rings is 2. The lowest BCUT2D eigenvalue weighted by Crippen LogP contribution is -2.20. The third-order valence-electron chi connectivity index (χ3n) is 4.26. The Morgan fingerprint density at radius 1 is 1.13 bits per heavy atom. The van der Waals surface area contributed by atoms with Gasteiger partial charge in [-0.1, -0.05) is 22.9 Å².